The predicted molar refractivity (Wildman–Crippen MR) is 146 cm³/mol. The minimum atomic E-state index is -0.366. The molecular weight excluding hydrogens is 502 g/mol. The molecule has 0 aliphatic heterocycles. The molecule has 7 heteroatoms. The number of hydrogen-bond donors (Lipinski definition) is 0. The number of fused-ring (bicyclic) bond motifs is 4. The Kier molecular flexibility index (Phi) is 6.10. The second kappa shape index (κ2) is 9.72. The summed E-state index contributed by atoms with van der Waals surface area (Å²) in [7, 11) is 0. The van der Waals surface area contributed by atoms with Crippen LogP contribution in [-0.2, 0) is 11.3 Å². The van der Waals surface area contributed by atoms with Crippen molar-refractivity contribution in [1.82, 2.24) is 4.40 Å². The van der Waals surface area contributed by atoms with Crippen LogP contribution in [0.5, 0.6) is 5.75 Å². The maximum atomic E-state index is 13.4. The van der Waals surface area contributed by atoms with Gasteiger partial charge in [0.05, 0.1) is 23.2 Å². The number of aromatic nitrogens is 1. The van der Waals surface area contributed by atoms with Gasteiger partial charge in [0.2, 0.25) is 5.78 Å². The Morgan fingerprint density at radius 1 is 0.895 bits per heavy atom. The van der Waals surface area contributed by atoms with Crippen LogP contribution in [0.3, 0.4) is 0 Å². The summed E-state index contributed by atoms with van der Waals surface area (Å²) in [5, 5.41) is 2.13. The third-order valence-corrected chi connectivity index (χ3v) is 6.74. The highest BCUT2D eigenvalue weighted by molar-refractivity contribution is 6.30. The zero-order valence-electron chi connectivity index (χ0n) is 20.4. The van der Waals surface area contributed by atoms with Crippen molar-refractivity contribution in [3.8, 4) is 5.75 Å². The summed E-state index contributed by atoms with van der Waals surface area (Å²) in [5.74, 6) is 0.206. The van der Waals surface area contributed by atoms with Gasteiger partial charge >= 0.3 is 5.97 Å². The summed E-state index contributed by atoms with van der Waals surface area (Å²) in [6, 6.07) is 25.4. The number of carbonyl (C=O) groups is 2. The van der Waals surface area contributed by atoms with E-state index in [0.717, 1.165) is 21.8 Å². The van der Waals surface area contributed by atoms with E-state index in [2.05, 4.69) is 0 Å². The van der Waals surface area contributed by atoms with Gasteiger partial charge in [-0.2, -0.15) is 0 Å². The van der Waals surface area contributed by atoms with Gasteiger partial charge in [-0.05, 0) is 61.5 Å². The zero-order chi connectivity index (χ0) is 26.2. The molecule has 188 valence electrons. The van der Waals surface area contributed by atoms with E-state index in [4.69, 9.17) is 25.5 Å². The van der Waals surface area contributed by atoms with Crippen molar-refractivity contribution in [2.75, 3.05) is 6.61 Å². The van der Waals surface area contributed by atoms with Gasteiger partial charge in [0.1, 0.15) is 17.9 Å². The molecule has 6 rings (SSSR count). The van der Waals surface area contributed by atoms with Gasteiger partial charge < -0.3 is 18.3 Å². The first-order valence-electron chi connectivity index (χ1n) is 12.2. The summed E-state index contributed by atoms with van der Waals surface area (Å²) < 4.78 is 19.5. The van der Waals surface area contributed by atoms with Gasteiger partial charge in [0.25, 0.3) is 0 Å². The maximum Gasteiger partial charge on any atom is 0.340 e. The lowest BCUT2D eigenvalue weighted by Crippen LogP contribution is -2.06. The SMILES string of the molecule is CCOC(=O)c1c2ccc(OCc3c(C(=O)c4ccc(Cl)cc4)oc4ccccc34)cc2n2ccccc12. The van der Waals surface area contributed by atoms with Crippen molar-refractivity contribution in [1.29, 1.82) is 0 Å². The molecule has 0 saturated heterocycles. The molecule has 0 atom stereocenters. The van der Waals surface area contributed by atoms with Crippen LogP contribution < -0.4 is 4.74 Å². The molecule has 38 heavy (non-hydrogen) atoms. The lowest BCUT2D eigenvalue weighted by atomic mass is 10.0. The molecule has 0 amide bonds. The molecule has 0 bridgehead atoms. The summed E-state index contributed by atoms with van der Waals surface area (Å²) in [4.78, 5) is 26.1. The fraction of sp³-hybridized carbons (Fsp3) is 0.0968. The normalized spacial score (nSPS) is 11.3. The highest BCUT2D eigenvalue weighted by Gasteiger charge is 2.23. The third kappa shape index (κ3) is 4.09. The predicted octanol–water partition coefficient (Wildman–Crippen LogP) is 7.48. The highest BCUT2D eigenvalue weighted by atomic mass is 35.5. The molecule has 0 radical (unpaired) electrons. The topological polar surface area (TPSA) is 70.2 Å². The Morgan fingerprint density at radius 3 is 2.50 bits per heavy atom. The van der Waals surface area contributed by atoms with E-state index < -0.39 is 0 Å². The quantitative estimate of drug-likeness (QED) is 0.160. The number of hydrogen-bond acceptors (Lipinski definition) is 5. The number of furan rings is 1. The molecule has 0 N–H and O–H groups in total. The largest absolute Gasteiger partial charge is 0.489 e. The Morgan fingerprint density at radius 2 is 1.68 bits per heavy atom. The second-order valence-electron chi connectivity index (χ2n) is 8.76. The van der Waals surface area contributed by atoms with Crippen LogP contribution in [0.4, 0.5) is 0 Å². The van der Waals surface area contributed by atoms with E-state index in [0.29, 0.717) is 39.7 Å². The van der Waals surface area contributed by atoms with E-state index >= 15 is 0 Å². The number of esters is 1. The number of nitrogens with zero attached hydrogens (tertiary/aromatic N) is 1. The van der Waals surface area contributed by atoms with Gasteiger partial charge in [-0.15, -0.1) is 0 Å². The number of benzene rings is 3. The van der Waals surface area contributed by atoms with E-state index in [1.165, 1.54) is 0 Å². The van der Waals surface area contributed by atoms with E-state index in [9.17, 15) is 9.59 Å². The number of para-hydroxylation sites is 1. The molecule has 3 aromatic heterocycles. The number of rotatable bonds is 7. The Bertz CT molecular complexity index is 1830. The Hall–Kier alpha value is -4.55. The van der Waals surface area contributed by atoms with Gasteiger partial charge in [-0.1, -0.05) is 35.9 Å². The van der Waals surface area contributed by atoms with Crippen molar-refractivity contribution < 1.29 is 23.5 Å². The molecule has 0 fully saturated rings. The zero-order valence-corrected chi connectivity index (χ0v) is 21.2. The van der Waals surface area contributed by atoms with Crippen molar-refractivity contribution in [2.24, 2.45) is 0 Å². The highest BCUT2D eigenvalue weighted by Crippen LogP contribution is 2.33. The van der Waals surface area contributed by atoms with Gasteiger partial charge in [-0.25, -0.2) is 4.79 Å². The standard InChI is InChI=1S/C31H22ClNO5/c1-2-36-31(35)28-23-15-14-21(17-26(23)33-16-6-5-8-25(28)33)37-18-24-22-7-3-4-9-27(22)38-30(24)29(34)19-10-12-20(32)13-11-19/h3-17H,2,18H2,1H3. The molecule has 0 saturated carbocycles. The van der Waals surface area contributed by atoms with Crippen molar-refractivity contribution >= 4 is 50.7 Å². The number of ether oxygens (including phenoxy) is 2. The van der Waals surface area contributed by atoms with Crippen LogP contribution >= 0.6 is 11.6 Å². The molecule has 0 aliphatic carbocycles. The van der Waals surface area contributed by atoms with Crippen LogP contribution in [0.15, 0.2) is 95.5 Å². The number of pyridine rings is 1. The molecular formula is C31H22ClNO5. The van der Waals surface area contributed by atoms with Crippen LogP contribution in [0, 0.1) is 0 Å². The summed E-state index contributed by atoms with van der Waals surface area (Å²) in [6.45, 7) is 2.20. The first-order valence-corrected chi connectivity index (χ1v) is 12.6. The molecule has 6 aromatic rings. The van der Waals surface area contributed by atoms with Gasteiger partial charge in [-0.3, -0.25) is 4.79 Å². The fourth-order valence-corrected chi connectivity index (χ4v) is 4.86. The van der Waals surface area contributed by atoms with Gasteiger partial charge in [0.15, 0.2) is 5.76 Å². The first-order chi connectivity index (χ1) is 18.5. The Balaban J connectivity index is 1.38. The lowest BCUT2D eigenvalue weighted by Gasteiger charge is -2.08. The average molecular weight is 524 g/mol. The van der Waals surface area contributed by atoms with Crippen LogP contribution in [0.1, 0.15) is 39.0 Å². The maximum absolute atomic E-state index is 13.4. The summed E-state index contributed by atoms with van der Waals surface area (Å²) in [6.07, 6.45) is 1.90. The van der Waals surface area contributed by atoms with E-state index in [1.54, 1.807) is 31.2 Å². The van der Waals surface area contributed by atoms with Gasteiger partial charge in [0, 0.05) is 39.2 Å². The first kappa shape index (κ1) is 23.8. The van der Waals surface area contributed by atoms with Crippen LogP contribution in [0.25, 0.3) is 27.4 Å². The fourth-order valence-electron chi connectivity index (χ4n) is 4.74. The summed E-state index contributed by atoms with van der Waals surface area (Å²) in [5.41, 5.74) is 3.84. The number of ketones is 1. The minimum absolute atomic E-state index is 0.116. The second-order valence-corrected chi connectivity index (χ2v) is 9.20. The summed E-state index contributed by atoms with van der Waals surface area (Å²) >= 11 is 6.01. The van der Waals surface area contributed by atoms with E-state index in [-0.39, 0.29) is 24.1 Å². The number of carbonyl (C=O) groups excluding carboxylic acids is 2. The molecule has 0 aliphatic rings. The minimum Gasteiger partial charge on any atom is -0.489 e. The third-order valence-electron chi connectivity index (χ3n) is 6.49. The monoisotopic (exact) mass is 523 g/mol. The number of halogens is 1. The molecule has 6 nitrogen and oxygen atoms in total. The lowest BCUT2D eigenvalue weighted by molar-refractivity contribution is 0.0530. The van der Waals surface area contributed by atoms with Crippen molar-refractivity contribution in [3.63, 3.8) is 0 Å². The van der Waals surface area contributed by atoms with Crippen molar-refractivity contribution in [3.05, 3.63) is 119 Å². The van der Waals surface area contributed by atoms with Crippen LogP contribution in [0.2, 0.25) is 5.02 Å². The Labute approximate surface area is 222 Å². The molecule has 0 spiro atoms. The van der Waals surface area contributed by atoms with Crippen molar-refractivity contribution in [2.45, 2.75) is 13.5 Å². The van der Waals surface area contributed by atoms with Crippen LogP contribution in [-0.4, -0.2) is 22.8 Å². The average Bonchev–Trinajstić information content (AvgIpc) is 3.47. The molecule has 3 aromatic carbocycles. The molecule has 0 unspecified atom stereocenters. The van der Waals surface area contributed by atoms with E-state index in [1.807, 2.05) is 71.3 Å². The smallest absolute Gasteiger partial charge is 0.340 e. The molecule has 3 heterocycles.